The van der Waals surface area contributed by atoms with Crippen molar-refractivity contribution in [2.45, 2.75) is 31.4 Å². The van der Waals surface area contributed by atoms with Crippen LogP contribution in [0.15, 0.2) is 0 Å². The lowest BCUT2D eigenvalue weighted by molar-refractivity contribution is -0.124. The van der Waals surface area contributed by atoms with E-state index in [2.05, 4.69) is 5.32 Å². The number of hydrogen-bond donors (Lipinski definition) is 3. The van der Waals surface area contributed by atoms with Crippen molar-refractivity contribution in [1.82, 2.24) is 5.32 Å². The molecule has 4 heteroatoms. The summed E-state index contributed by atoms with van der Waals surface area (Å²) in [6, 6.07) is -0.124. The van der Waals surface area contributed by atoms with Gasteiger partial charge in [-0.25, -0.2) is 0 Å². The molecule has 0 radical (unpaired) electrons. The Morgan fingerprint density at radius 2 is 2.55 bits per heavy atom. The molecule has 0 aromatic heterocycles. The zero-order valence-electron chi connectivity index (χ0n) is 6.42. The Balaban J connectivity index is 2.39. The van der Waals surface area contributed by atoms with Gasteiger partial charge in [-0.2, -0.15) is 0 Å². The van der Waals surface area contributed by atoms with Gasteiger partial charge >= 0.3 is 0 Å². The van der Waals surface area contributed by atoms with Crippen molar-refractivity contribution in [3.8, 4) is 0 Å². The number of carbonyl (C=O) groups excluding carboxylic acids is 1. The molecule has 0 aliphatic carbocycles. The second kappa shape index (κ2) is 3.69. The van der Waals surface area contributed by atoms with Crippen molar-refractivity contribution < 1.29 is 9.90 Å². The van der Waals surface area contributed by atoms with E-state index < -0.39 is 6.10 Å². The minimum Gasteiger partial charge on any atom is -0.390 e. The molecule has 1 amide bonds. The second-order valence-corrected chi connectivity index (χ2v) is 2.87. The van der Waals surface area contributed by atoms with E-state index in [1.807, 2.05) is 0 Å². The lowest BCUT2D eigenvalue weighted by Crippen LogP contribution is -2.48. The summed E-state index contributed by atoms with van der Waals surface area (Å²) in [4.78, 5) is 10.8. The predicted molar refractivity (Wildman–Crippen MR) is 40.8 cm³/mol. The summed E-state index contributed by atoms with van der Waals surface area (Å²) in [5, 5.41) is 12.0. The Kier molecular flexibility index (Phi) is 2.84. The Hall–Kier alpha value is -0.610. The second-order valence-electron chi connectivity index (χ2n) is 2.87. The van der Waals surface area contributed by atoms with E-state index >= 15 is 0 Å². The molecule has 0 aromatic carbocycles. The van der Waals surface area contributed by atoms with Gasteiger partial charge in [0.1, 0.15) is 0 Å². The zero-order valence-corrected chi connectivity index (χ0v) is 6.42. The highest BCUT2D eigenvalue weighted by Crippen LogP contribution is 2.10. The summed E-state index contributed by atoms with van der Waals surface area (Å²) in [6.07, 6.45) is 1.69. The molecule has 1 aliphatic rings. The molecule has 1 aliphatic heterocycles. The van der Waals surface area contributed by atoms with E-state index in [-0.39, 0.29) is 18.5 Å². The van der Waals surface area contributed by atoms with Crippen LogP contribution in [0.4, 0.5) is 0 Å². The number of piperidine rings is 1. The molecule has 0 bridgehead atoms. The Labute approximate surface area is 65.8 Å². The van der Waals surface area contributed by atoms with E-state index in [0.717, 1.165) is 12.8 Å². The minimum atomic E-state index is -0.584. The highest BCUT2D eigenvalue weighted by Gasteiger charge is 2.23. The molecule has 0 aromatic rings. The molecule has 1 heterocycles. The van der Waals surface area contributed by atoms with Crippen LogP contribution in [-0.4, -0.2) is 29.7 Å². The minimum absolute atomic E-state index is 0.0220. The number of rotatable bonds is 2. The third-order valence-corrected chi connectivity index (χ3v) is 1.97. The van der Waals surface area contributed by atoms with Crippen LogP contribution in [0.5, 0.6) is 0 Å². The van der Waals surface area contributed by atoms with Crippen molar-refractivity contribution >= 4 is 5.91 Å². The van der Waals surface area contributed by atoms with Gasteiger partial charge in [-0.05, 0) is 12.8 Å². The summed E-state index contributed by atoms with van der Waals surface area (Å²) >= 11 is 0. The number of aliphatic hydroxyl groups excluding tert-OH is 1. The van der Waals surface area contributed by atoms with E-state index in [9.17, 15) is 9.90 Å². The maximum Gasteiger partial charge on any atom is 0.220 e. The van der Waals surface area contributed by atoms with E-state index in [1.54, 1.807) is 0 Å². The molecule has 0 saturated carbocycles. The van der Waals surface area contributed by atoms with Crippen molar-refractivity contribution in [2.24, 2.45) is 5.73 Å². The molecule has 4 nitrogen and oxygen atoms in total. The summed E-state index contributed by atoms with van der Waals surface area (Å²) in [7, 11) is 0. The molecule has 11 heavy (non-hydrogen) atoms. The summed E-state index contributed by atoms with van der Waals surface area (Å²) in [5.74, 6) is 0.0220. The predicted octanol–water partition coefficient (Wildman–Crippen LogP) is -1.03. The van der Waals surface area contributed by atoms with E-state index in [0.29, 0.717) is 6.42 Å². The molecular formula is C7H14N2O2. The first kappa shape index (κ1) is 8.49. The molecule has 2 unspecified atom stereocenters. The Bertz CT molecular complexity index is 149. The average Bonchev–Trinajstić information content (AvgIpc) is 2.03. The van der Waals surface area contributed by atoms with Gasteiger partial charge in [0.2, 0.25) is 5.91 Å². The number of amides is 1. The number of nitrogens with one attached hydrogen (secondary N) is 1. The van der Waals surface area contributed by atoms with Crippen LogP contribution in [0.2, 0.25) is 0 Å². The van der Waals surface area contributed by atoms with Crippen LogP contribution in [0, 0.1) is 0 Å². The average molecular weight is 158 g/mol. The zero-order chi connectivity index (χ0) is 8.27. The van der Waals surface area contributed by atoms with Crippen LogP contribution < -0.4 is 11.1 Å². The summed E-state index contributed by atoms with van der Waals surface area (Å²) in [5.41, 5.74) is 5.25. The number of carbonyl (C=O) groups is 1. The fraction of sp³-hybridized carbons (Fsp3) is 0.857. The van der Waals surface area contributed by atoms with Gasteiger partial charge < -0.3 is 16.2 Å². The first-order chi connectivity index (χ1) is 5.24. The van der Waals surface area contributed by atoms with Crippen LogP contribution in [0.3, 0.4) is 0 Å². The molecule has 4 N–H and O–H groups in total. The molecule has 1 rings (SSSR count). The largest absolute Gasteiger partial charge is 0.390 e. The van der Waals surface area contributed by atoms with Crippen LogP contribution in [-0.2, 0) is 4.79 Å². The highest BCUT2D eigenvalue weighted by atomic mass is 16.3. The van der Waals surface area contributed by atoms with Crippen LogP contribution in [0.25, 0.3) is 0 Å². The quantitative estimate of drug-likeness (QED) is 0.481. The van der Waals surface area contributed by atoms with Gasteiger partial charge in [0.15, 0.2) is 0 Å². The highest BCUT2D eigenvalue weighted by molar-refractivity contribution is 5.77. The maximum absolute atomic E-state index is 10.8. The monoisotopic (exact) mass is 158 g/mol. The van der Waals surface area contributed by atoms with Gasteiger partial charge in [-0.3, -0.25) is 4.79 Å². The Morgan fingerprint density at radius 3 is 3.09 bits per heavy atom. The molecule has 1 fully saturated rings. The molecule has 64 valence electrons. The first-order valence-electron chi connectivity index (χ1n) is 3.91. The fourth-order valence-corrected chi connectivity index (χ4v) is 1.29. The number of nitrogens with two attached hydrogens (primary N) is 1. The van der Waals surface area contributed by atoms with Crippen molar-refractivity contribution in [3.63, 3.8) is 0 Å². The fourth-order valence-electron chi connectivity index (χ4n) is 1.29. The topological polar surface area (TPSA) is 75.3 Å². The van der Waals surface area contributed by atoms with Crippen molar-refractivity contribution in [2.75, 3.05) is 6.54 Å². The van der Waals surface area contributed by atoms with E-state index in [4.69, 9.17) is 5.73 Å². The van der Waals surface area contributed by atoms with Gasteiger partial charge in [0, 0.05) is 13.0 Å². The Morgan fingerprint density at radius 1 is 1.82 bits per heavy atom. The number of hydrogen-bond acceptors (Lipinski definition) is 3. The van der Waals surface area contributed by atoms with Crippen LogP contribution >= 0.6 is 0 Å². The van der Waals surface area contributed by atoms with Gasteiger partial charge in [0.05, 0.1) is 12.1 Å². The number of aliphatic hydroxyl groups is 1. The SMILES string of the molecule is NCC(O)C1CCCC(=O)N1. The van der Waals surface area contributed by atoms with E-state index in [1.165, 1.54) is 0 Å². The maximum atomic E-state index is 10.8. The van der Waals surface area contributed by atoms with Crippen LogP contribution in [0.1, 0.15) is 19.3 Å². The molecular weight excluding hydrogens is 144 g/mol. The van der Waals surface area contributed by atoms with Crippen molar-refractivity contribution in [3.05, 3.63) is 0 Å². The lowest BCUT2D eigenvalue weighted by Gasteiger charge is -2.26. The first-order valence-corrected chi connectivity index (χ1v) is 3.91. The van der Waals surface area contributed by atoms with Crippen molar-refractivity contribution in [1.29, 1.82) is 0 Å². The van der Waals surface area contributed by atoms with Gasteiger partial charge in [-0.15, -0.1) is 0 Å². The third-order valence-electron chi connectivity index (χ3n) is 1.97. The van der Waals surface area contributed by atoms with Gasteiger partial charge in [-0.1, -0.05) is 0 Å². The smallest absolute Gasteiger partial charge is 0.220 e. The third kappa shape index (κ3) is 2.17. The summed E-state index contributed by atoms with van der Waals surface area (Å²) in [6.45, 7) is 0.213. The molecule has 1 saturated heterocycles. The molecule has 0 spiro atoms. The lowest BCUT2D eigenvalue weighted by atomic mass is 10.00. The normalized spacial score (nSPS) is 27.8. The standard InChI is InChI=1S/C7H14N2O2/c8-4-6(10)5-2-1-3-7(11)9-5/h5-6,10H,1-4,8H2,(H,9,11). The molecule has 2 atom stereocenters. The summed E-state index contributed by atoms with van der Waals surface area (Å²) < 4.78 is 0. The van der Waals surface area contributed by atoms with Gasteiger partial charge in [0.25, 0.3) is 0 Å².